The van der Waals surface area contributed by atoms with E-state index in [0.29, 0.717) is 0 Å². The van der Waals surface area contributed by atoms with Gasteiger partial charge in [0, 0.05) is 6.04 Å². The van der Waals surface area contributed by atoms with E-state index >= 15 is 0 Å². The highest BCUT2D eigenvalue weighted by Crippen LogP contribution is 1.93. The van der Waals surface area contributed by atoms with Gasteiger partial charge in [0.15, 0.2) is 0 Å². The third-order valence-corrected chi connectivity index (χ3v) is 0.935. The summed E-state index contributed by atoms with van der Waals surface area (Å²) in [4.78, 5) is 0. The lowest BCUT2D eigenvalue weighted by Crippen LogP contribution is -2.24. The predicted octanol–water partition coefficient (Wildman–Crippen LogP) is 0.202. The fourth-order valence-electron chi connectivity index (χ4n) is 0.515. The second-order valence-corrected chi connectivity index (χ2v) is 2.31. The van der Waals surface area contributed by atoms with Crippen molar-refractivity contribution in [3.8, 4) is 12.1 Å². The van der Waals surface area contributed by atoms with E-state index in [2.05, 4.69) is 5.32 Å². The summed E-state index contributed by atoms with van der Waals surface area (Å²) in [6.07, 6.45) is 0. The van der Waals surface area contributed by atoms with E-state index in [0.717, 1.165) is 0 Å². The predicted molar refractivity (Wildman–Crippen MR) is 40.7 cm³/mol. The molecule has 0 bridgehead atoms. The lowest BCUT2D eigenvalue weighted by Gasteiger charge is -2.07. The maximum absolute atomic E-state index is 8.47. The highest BCUT2D eigenvalue weighted by molar-refractivity contribution is 5.32. The Labute approximate surface area is 65.9 Å². The summed E-state index contributed by atoms with van der Waals surface area (Å²) < 4.78 is 0. The third-order valence-electron chi connectivity index (χ3n) is 0.935. The molecule has 0 aromatic carbocycles. The first-order valence-corrected chi connectivity index (χ1v) is 3.18. The molecule has 0 rings (SSSR count). The fraction of sp³-hybridized carbons (Fsp3) is 0.429. The number of nitriles is 2. The quantitative estimate of drug-likeness (QED) is 0.550. The van der Waals surface area contributed by atoms with E-state index < -0.39 is 0 Å². The molecule has 4 nitrogen and oxygen atoms in total. The summed E-state index contributed by atoms with van der Waals surface area (Å²) in [5.74, 6) is 0. The number of hydrogen-bond acceptors (Lipinski definition) is 4. The molecule has 0 fully saturated rings. The van der Waals surface area contributed by atoms with Gasteiger partial charge >= 0.3 is 0 Å². The van der Waals surface area contributed by atoms with Gasteiger partial charge in [0.05, 0.1) is 0 Å². The van der Waals surface area contributed by atoms with E-state index in [9.17, 15) is 0 Å². The molecule has 0 aliphatic carbocycles. The number of rotatable bonds is 2. The fourth-order valence-corrected chi connectivity index (χ4v) is 0.515. The molecule has 0 aromatic rings. The van der Waals surface area contributed by atoms with E-state index in [1.807, 2.05) is 13.8 Å². The van der Waals surface area contributed by atoms with Crippen LogP contribution in [0, 0.1) is 22.7 Å². The Morgan fingerprint density at radius 3 is 2.18 bits per heavy atom. The zero-order valence-corrected chi connectivity index (χ0v) is 6.55. The van der Waals surface area contributed by atoms with Crippen molar-refractivity contribution in [2.75, 3.05) is 0 Å². The van der Waals surface area contributed by atoms with Gasteiger partial charge in [-0.05, 0) is 13.8 Å². The molecule has 0 aliphatic rings. The first kappa shape index (κ1) is 9.32. The minimum atomic E-state index is -0.0683. The van der Waals surface area contributed by atoms with Crippen LogP contribution in [0.2, 0.25) is 0 Å². The summed E-state index contributed by atoms with van der Waals surface area (Å²) >= 11 is 0. The molecule has 0 amide bonds. The Bertz CT molecular complexity index is 238. The van der Waals surface area contributed by atoms with Crippen molar-refractivity contribution in [2.24, 2.45) is 5.73 Å². The van der Waals surface area contributed by atoms with Gasteiger partial charge < -0.3 is 11.1 Å². The molecule has 11 heavy (non-hydrogen) atoms. The standard InChI is InChI=1S/C7H10N4/c1-5(2)11-7(4-9)6(10)3-8/h5,11H,10H2,1-2H3/b7-6-. The Balaban J connectivity index is 4.47. The van der Waals surface area contributed by atoms with Crippen LogP contribution in [-0.2, 0) is 0 Å². The van der Waals surface area contributed by atoms with Crippen molar-refractivity contribution in [2.45, 2.75) is 19.9 Å². The summed E-state index contributed by atoms with van der Waals surface area (Å²) in [6.45, 7) is 3.73. The van der Waals surface area contributed by atoms with Gasteiger partial charge in [-0.25, -0.2) is 0 Å². The molecular weight excluding hydrogens is 140 g/mol. The average molecular weight is 150 g/mol. The molecule has 0 aliphatic heterocycles. The lowest BCUT2D eigenvalue weighted by atomic mass is 10.3. The monoisotopic (exact) mass is 150 g/mol. The maximum Gasteiger partial charge on any atom is 0.148 e. The minimum Gasteiger partial charge on any atom is -0.388 e. The molecule has 0 heterocycles. The zero-order chi connectivity index (χ0) is 8.85. The Kier molecular flexibility index (Phi) is 3.55. The molecule has 0 spiro atoms. The van der Waals surface area contributed by atoms with Crippen LogP contribution in [0.3, 0.4) is 0 Å². The largest absolute Gasteiger partial charge is 0.388 e. The lowest BCUT2D eigenvalue weighted by molar-refractivity contribution is 0.679. The van der Waals surface area contributed by atoms with Crippen molar-refractivity contribution in [3.05, 3.63) is 11.4 Å². The summed E-state index contributed by atoms with van der Waals surface area (Å²) in [5, 5.41) is 19.6. The average Bonchev–Trinajstić information content (AvgIpc) is 1.98. The Hall–Kier alpha value is -1.68. The van der Waals surface area contributed by atoms with E-state index in [-0.39, 0.29) is 17.4 Å². The molecular formula is C7H10N4. The van der Waals surface area contributed by atoms with Crippen molar-refractivity contribution in [1.29, 1.82) is 10.5 Å². The van der Waals surface area contributed by atoms with Crippen LogP contribution in [0.5, 0.6) is 0 Å². The Morgan fingerprint density at radius 1 is 1.36 bits per heavy atom. The molecule has 0 radical (unpaired) electrons. The van der Waals surface area contributed by atoms with Crippen LogP contribution in [0.25, 0.3) is 0 Å². The molecule has 0 saturated heterocycles. The van der Waals surface area contributed by atoms with Gasteiger partial charge in [0.1, 0.15) is 23.5 Å². The first-order chi connectivity index (χ1) is 5.11. The molecule has 0 atom stereocenters. The number of nitrogens with two attached hydrogens (primary N) is 1. The normalized spacial score (nSPS) is 11.4. The van der Waals surface area contributed by atoms with Crippen LogP contribution in [0.1, 0.15) is 13.8 Å². The summed E-state index contributed by atoms with van der Waals surface area (Å²) in [7, 11) is 0. The zero-order valence-electron chi connectivity index (χ0n) is 6.55. The van der Waals surface area contributed by atoms with E-state index in [1.54, 1.807) is 12.1 Å². The Morgan fingerprint density at radius 2 is 1.91 bits per heavy atom. The van der Waals surface area contributed by atoms with Crippen LogP contribution in [0.4, 0.5) is 0 Å². The topological polar surface area (TPSA) is 85.6 Å². The minimum absolute atomic E-state index is 0.0683. The summed E-state index contributed by atoms with van der Waals surface area (Å²) in [5.41, 5.74) is 5.28. The van der Waals surface area contributed by atoms with Crippen molar-refractivity contribution < 1.29 is 0 Å². The third kappa shape index (κ3) is 3.12. The van der Waals surface area contributed by atoms with Crippen LogP contribution >= 0.6 is 0 Å². The van der Waals surface area contributed by atoms with Crippen molar-refractivity contribution >= 4 is 0 Å². The van der Waals surface area contributed by atoms with Gasteiger partial charge in [0.2, 0.25) is 0 Å². The maximum atomic E-state index is 8.47. The van der Waals surface area contributed by atoms with E-state index in [1.165, 1.54) is 0 Å². The van der Waals surface area contributed by atoms with Crippen LogP contribution in [0.15, 0.2) is 11.4 Å². The summed E-state index contributed by atoms with van der Waals surface area (Å²) in [6, 6.07) is 3.61. The van der Waals surface area contributed by atoms with Crippen molar-refractivity contribution in [1.82, 2.24) is 5.32 Å². The highest BCUT2D eigenvalue weighted by atomic mass is 14.9. The van der Waals surface area contributed by atoms with Gasteiger partial charge in [-0.2, -0.15) is 10.5 Å². The van der Waals surface area contributed by atoms with Crippen molar-refractivity contribution in [3.63, 3.8) is 0 Å². The van der Waals surface area contributed by atoms with Gasteiger partial charge in [-0.1, -0.05) is 0 Å². The molecule has 0 saturated carbocycles. The smallest absolute Gasteiger partial charge is 0.148 e. The van der Waals surface area contributed by atoms with Crippen LogP contribution in [-0.4, -0.2) is 6.04 Å². The van der Waals surface area contributed by atoms with Gasteiger partial charge in [-0.15, -0.1) is 0 Å². The number of nitrogens with one attached hydrogen (secondary N) is 1. The molecule has 4 heteroatoms. The highest BCUT2D eigenvalue weighted by Gasteiger charge is 2.02. The molecule has 0 aromatic heterocycles. The van der Waals surface area contributed by atoms with Gasteiger partial charge in [-0.3, -0.25) is 0 Å². The second-order valence-electron chi connectivity index (χ2n) is 2.31. The van der Waals surface area contributed by atoms with E-state index in [4.69, 9.17) is 16.3 Å². The number of nitrogens with zero attached hydrogens (tertiary/aromatic N) is 2. The van der Waals surface area contributed by atoms with Gasteiger partial charge in [0.25, 0.3) is 0 Å². The first-order valence-electron chi connectivity index (χ1n) is 3.18. The molecule has 58 valence electrons. The number of allylic oxidation sites excluding steroid dienone is 2. The number of hydrogen-bond donors (Lipinski definition) is 2. The molecule has 0 unspecified atom stereocenters. The van der Waals surface area contributed by atoms with Crippen LogP contribution < -0.4 is 11.1 Å². The molecule has 3 N–H and O–H groups in total. The second kappa shape index (κ2) is 4.19. The SMILES string of the molecule is CC(C)N/C(C#N)=C(\N)C#N.